The monoisotopic (exact) mass is 420 g/mol. The third-order valence-electron chi connectivity index (χ3n) is 5.26. The Bertz CT molecular complexity index is 1100. The average Bonchev–Trinajstić information content (AvgIpc) is 3.09. The van der Waals surface area contributed by atoms with Crippen LogP contribution in [0.15, 0.2) is 37.2 Å². The van der Waals surface area contributed by atoms with Crippen molar-refractivity contribution in [2.24, 2.45) is 0 Å². The maximum Gasteiger partial charge on any atom is 0.325 e. The number of Topliss-reactive ketones (excluding diaryl/α,β-unsaturated/α-hetero) is 1. The van der Waals surface area contributed by atoms with Gasteiger partial charge in [0.2, 0.25) is 0 Å². The highest BCUT2D eigenvalue weighted by molar-refractivity contribution is 6.06. The Kier molecular flexibility index (Phi) is 7.28. The molecule has 7 heteroatoms. The first kappa shape index (κ1) is 22.3. The van der Waals surface area contributed by atoms with Crippen molar-refractivity contribution < 1.29 is 14.7 Å². The number of unbranched alkanes of at least 4 members (excludes halogenated alkanes) is 4. The van der Waals surface area contributed by atoms with Crippen molar-refractivity contribution in [2.45, 2.75) is 58.9 Å². The number of hydrogen-bond acceptors (Lipinski definition) is 5. The third-order valence-corrected chi connectivity index (χ3v) is 5.26. The van der Waals surface area contributed by atoms with Crippen LogP contribution in [-0.4, -0.2) is 36.6 Å². The summed E-state index contributed by atoms with van der Waals surface area (Å²) in [5, 5.41) is 14.4. The summed E-state index contributed by atoms with van der Waals surface area (Å²) in [5.74, 6) is -0.504. The van der Waals surface area contributed by atoms with Crippen molar-refractivity contribution in [1.82, 2.24) is 19.7 Å². The molecular weight excluding hydrogens is 392 g/mol. The van der Waals surface area contributed by atoms with E-state index in [0.717, 1.165) is 60.7 Å². The lowest BCUT2D eigenvalue weighted by molar-refractivity contribution is -0.137. The second-order valence-electron chi connectivity index (χ2n) is 7.75. The molecule has 0 fully saturated rings. The minimum atomic E-state index is -0.995. The molecule has 0 radical (unpaired) electrons. The average molecular weight is 421 g/mol. The first-order valence-corrected chi connectivity index (χ1v) is 10.6. The van der Waals surface area contributed by atoms with Crippen molar-refractivity contribution >= 4 is 22.7 Å². The van der Waals surface area contributed by atoms with Crippen molar-refractivity contribution in [2.75, 3.05) is 0 Å². The largest absolute Gasteiger partial charge is 0.480 e. The number of carboxylic acids is 1. The van der Waals surface area contributed by atoms with Crippen LogP contribution < -0.4 is 0 Å². The Morgan fingerprint density at radius 2 is 1.81 bits per heavy atom. The molecule has 7 nitrogen and oxygen atoms in total. The molecule has 3 rings (SSSR count). The molecule has 0 aliphatic heterocycles. The first-order chi connectivity index (χ1) is 14.9. The maximum atomic E-state index is 12.3. The van der Waals surface area contributed by atoms with Gasteiger partial charge in [0, 0.05) is 30.3 Å². The lowest BCUT2D eigenvalue weighted by atomic mass is 9.96. The smallest absolute Gasteiger partial charge is 0.325 e. The molecule has 0 atom stereocenters. The predicted octanol–water partition coefficient (Wildman–Crippen LogP) is 4.77. The maximum absolute atomic E-state index is 12.3. The molecule has 0 spiro atoms. The van der Waals surface area contributed by atoms with Crippen molar-refractivity contribution in [3.8, 4) is 11.1 Å². The Morgan fingerprint density at radius 1 is 1.10 bits per heavy atom. The van der Waals surface area contributed by atoms with E-state index in [0.29, 0.717) is 16.9 Å². The fourth-order valence-corrected chi connectivity index (χ4v) is 3.76. The molecule has 0 bridgehead atoms. The summed E-state index contributed by atoms with van der Waals surface area (Å²) in [6, 6.07) is 3.93. The summed E-state index contributed by atoms with van der Waals surface area (Å²) in [5.41, 5.74) is 3.73. The van der Waals surface area contributed by atoms with Crippen LogP contribution in [-0.2, 0) is 17.8 Å². The molecule has 0 amide bonds. The van der Waals surface area contributed by atoms with Gasteiger partial charge >= 0.3 is 5.97 Å². The molecular formula is C24H28N4O3. The summed E-state index contributed by atoms with van der Waals surface area (Å²) in [6.45, 7) is 6.75. The molecule has 162 valence electrons. The van der Waals surface area contributed by atoms with Crippen LogP contribution in [0.1, 0.15) is 60.9 Å². The van der Waals surface area contributed by atoms with Crippen LogP contribution >= 0.6 is 0 Å². The Hall–Kier alpha value is -3.35. The molecule has 0 saturated heterocycles. The summed E-state index contributed by atoms with van der Waals surface area (Å²) in [4.78, 5) is 32.3. The van der Waals surface area contributed by atoms with E-state index in [9.17, 15) is 14.7 Å². The topological polar surface area (TPSA) is 98.0 Å². The fourth-order valence-electron chi connectivity index (χ4n) is 3.76. The number of carboxylic acid groups (broad SMARTS) is 1. The second-order valence-corrected chi connectivity index (χ2v) is 7.75. The zero-order chi connectivity index (χ0) is 22.4. The third kappa shape index (κ3) is 5.42. The van der Waals surface area contributed by atoms with Gasteiger partial charge in [0.05, 0.1) is 5.52 Å². The number of aromatic nitrogens is 4. The number of rotatable bonds is 11. The number of aliphatic carboxylic acids is 1. The fraction of sp³-hybridized carbons (Fsp3) is 0.375. The van der Waals surface area contributed by atoms with Crippen molar-refractivity contribution in [3.05, 3.63) is 54.3 Å². The van der Waals surface area contributed by atoms with E-state index in [4.69, 9.17) is 0 Å². The molecule has 1 aromatic carbocycles. The summed E-state index contributed by atoms with van der Waals surface area (Å²) in [6.07, 6.45) is 11.5. The molecule has 31 heavy (non-hydrogen) atoms. The summed E-state index contributed by atoms with van der Waals surface area (Å²) in [7, 11) is 0. The minimum Gasteiger partial charge on any atom is -0.480 e. The van der Waals surface area contributed by atoms with E-state index in [1.54, 1.807) is 12.4 Å². The molecule has 0 aliphatic rings. The number of nitrogens with zero attached hydrogens (tertiary/aromatic N) is 4. The number of carbonyl (C=O) groups excluding carboxylic acids is 1. The van der Waals surface area contributed by atoms with Gasteiger partial charge in [-0.05, 0) is 55.9 Å². The van der Waals surface area contributed by atoms with E-state index in [-0.39, 0.29) is 12.3 Å². The van der Waals surface area contributed by atoms with E-state index in [1.165, 1.54) is 11.6 Å². The molecule has 2 heterocycles. The standard InChI is InChI=1S/C24H28N4O3/c1-4-5-6-7-8-9-10-18-11-19(20-13-25-17(3)26-14-20)12-21-23(16(2)29)27-28(24(18)21)15-22(30)31/h4,11-14H,1,5-10,15H2,2-3H3,(H,30,31). The van der Waals surface area contributed by atoms with Gasteiger partial charge in [-0.15, -0.1) is 6.58 Å². The highest BCUT2D eigenvalue weighted by atomic mass is 16.4. The predicted molar refractivity (Wildman–Crippen MR) is 120 cm³/mol. The Morgan fingerprint density at radius 3 is 2.45 bits per heavy atom. The first-order valence-electron chi connectivity index (χ1n) is 10.6. The van der Waals surface area contributed by atoms with Gasteiger partial charge in [0.1, 0.15) is 18.1 Å². The molecule has 0 saturated carbocycles. The number of fused-ring (bicyclic) bond motifs is 1. The molecule has 2 aromatic heterocycles. The number of ketones is 1. The zero-order valence-electron chi connectivity index (χ0n) is 18.1. The number of hydrogen-bond donors (Lipinski definition) is 1. The minimum absolute atomic E-state index is 0.193. The Labute approximate surface area is 181 Å². The molecule has 3 aromatic rings. The number of carbonyl (C=O) groups is 2. The molecule has 0 unspecified atom stereocenters. The van der Waals surface area contributed by atoms with Crippen molar-refractivity contribution in [1.29, 1.82) is 0 Å². The number of aryl methyl sites for hydroxylation is 2. The van der Waals surface area contributed by atoms with Gasteiger partial charge in [-0.3, -0.25) is 14.3 Å². The highest BCUT2D eigenvalue weighted by Crippen LogP contribution is 2.31. The SMILES string of the molecule is C=CCCCCCCc1cc(-c2cnc(C)nc2)cc2c(C(C)=O)nn(CC(=O)O)c12. The van der Waals surface area contributed by atoms with Crippen LogP contribution in [0.2, 0.25) is 0 Å². The van der Waals surface area contributed by atoms with Crippen LogP contribution in [0.3, 0.4) is 0 Å². The van der Waals surface area contributed by atoms with Crippen molar-refractivity contribution in [3.63, 3.8) is 0 Å². The normalized spacial score (nSPS) is 11.0. The highest BCUT2D eigenvalue weighted by Gasteiger charge is 2.20. The van der Waals surface area contributed by atoms with Gasteiger partial charge in [-0.2, -0.15) is 5.10 Å². The second kappa shape index (κ2) is 10.1. The van der Waals surface area contributed by atoms with Crippen LogP contribution in [0, 0.1) is 6.92 Å². The number of allylic oxidation sites excluding steroid dienone is 1. The summed E-state index contributed by atoms with van der Waals surface area (Å²) >= 11 is 0. The lowest BCUT2D eigenvalue weighted by Crippen LogP contribution is -2.11. The van der Waals surface area contributed by atoms with Gasteiger partial charge in [-0.25, -0.2) is 9.97 Å². The van der Waals surface area contributed by atoms with E-state index in [1.807, 2.05) is 25.1 Å². The lowest BCUT2D eigenvalue weighted by Gasteiger charge is -2.10. The molecule has 0 aliphatic carbocycles. The van der Waals surface area contributed by atoms with Gasteiger partial charge in [-0.1, -0.05) is 18.9 Å². The quantitative estimate of drug-likeness (QED) is 0.273. The van der Waals surface area contributed by atoms with E-state index < -0.39 is 5.97 Å². The van der Waals surface area contributed by atoms with Crippen LogP contribution in [0.5, 0.6) is 0 Å². The zero-order valence-corrected chi connectivity index (χ0v) is 18.1. The van der Waals surface area contributed by atoms with E-state index >= 15 is 0 Å². The van der Waals surface area contributed by atoms with Crippen LogP contribution in [0.4, 0.5) is 0 Å². The van der Waals surface area contributed by atoms with Gasteiger partial charge < -0.3 is 5.11 Å². The van der Waals surface area contributed by atoms with Crippen LogP contribution in [0.25, 0.3) is 22.0 Å². The summed E-state index contributed by atoms with van der Waals surface area (Å²) < 4.78 is 1.44. The van der Waals surface area contributed by atoms with Gasteiger partial charge in [0.25, 0.3) is 0 Å². The van der Waals surface area contributed by atoms with E-state index in [2.05, 4.69) is 21.6 Å². The Balaban J connectivity index is 2.06. The number of benzene rings is 1. The molecule has 1 N–H and O–H groups in total. The van der Waals surface area contributed by atoms with Gasteiger partial charge in [0.15, 0.2) is 5.78 Å².